The molecule has 0 radical (unpaired) electrons. The number of Topliss-reactive ketones (excluding diaryl/α,β-unsaturated/α-hetero) is 1. The van der Waals surface area contributed by atoms with Gasteiger partial charge in [-0.25, -0.2) is 4.79 Å². The van der Waals surface area contributed by atoms with E-state index in [1.807, 2.05) is 37.3 Å². The van der Waals surface area contributed by atoms with Crippen molar-refractivity contribution in [2.45, 2.75) is 39.0 Å². The molecule has 0 bridgehead atoms. The zero-order valence-corrected chi connectivity index (χ0v) is 13.6. The highest BCUT2D eigenvalue weighted by molar-refractivity contribution is 5.86. The van der Waals surface area contributed by atoms with Crippen LogP contribution in [0.2, 0.25) is 0 Å². The Morgan fingerprint density at radius 1 is 1.30 bits per heavy atom. The van der Waals surface area contributed by atoms with E-state index in [2.05, 4.69) is 6.58 Å². The second kappa shape index (κ2) is 7.42. The van der Waals surface area contributed by atoms with Crippen molar-refractivity contribution in [1.29, 1.82) is 0 Å². The predicted octanol–water partition coefficient (Wildman–Crippen LogP) is 2.54. The summed E-state index contributed by atoms with van der Waals surface area (Å²) in [5.74, 6) is -0.473. The number of ketones is 1. The topological polar surface area (TPSA) is 66.8 Å². The van der Waals surface area contributed by atoms with Crippen LogP contribution in [0.4, 0.5) is 4.79 Å². The molecule has 1 aromatic carbocycles. The molecule has 1 aliphatic heterocycles. The normalized spacial score (nSPS) is 23.6. The van der Waals surface area contributed by atoms with Crippen LogP contribution in [0.5, 0.6) is 0 Å². The Hall–Kier alpha value is -2.14. The first-order valence-corrected chi connectivity index (χ1v) is 7.70. The lowest BCUT2D eigenvalue weighted by Crippen LogP contribution is -2.42. The molecule has 2 unspecified atom stereocenters. The Morgan fingerprint density at radius 3 is 2.52 bits per heavy atom. The third kappa shape index (κ3) is 4.20. The summed E-state index contributed by atoms with van der Waals surface area (Å²) in [4.78, 5) is 25.6. The van der Waals surface area contributed by atoms with Crippen LogP contribution in [-0.2, 0) is 16.1 Å². The molecule has 1 N–H and O–H groups in total. The van der Waals surface area contributed by atoms with E-state index >= 15 is 0 Å². The molecule has 2 rings (SSSR count). The highest BCUT2D eigenvalue weighted by Crippen LogP contribution is 2.31. The van der Waals surface area contributed by atoms with Crippen molar-refractivity contribution in [2.75, 3.05) is 6.54 Å². The Kier molecular flexibility index (Phi) is 5.55. The average Bonchev–Trinajstić information content (AvgIpc) is 2.82. The maximum Gasteiger partial charge on any atom is 0.410 e. The number of allylic oxidation sites excluding steroid dienone is 1. The van der Waals surface area contributed by atoms with E-state index in [0.717, 1.165) is 11.1 Å². The van der Waals surface area contributed by atoms with E-state index in [1.54, 1.807) is 0 Å². The number of benzene rings is 1. The van der Waals surface area contributed by atoms with E-state index in [9.17, 15) is 14.7 Å². The Morgan fingerprint density at radius 2 is 1.96 bits per heavy atom. The van der Waals surface area contributed by atoms with Crippen LogP contribution in [-0.4, -0.2) is 40.6 Å². The molecule has 1 fully saturated rings. The minimum absolute atomic E-state index is 0.107. The molecular weight excluding hydrogens is 294 g/mol. The number of aliphatic hydroxyl groups is 1. The predicted molar refractivity (Wildman–Crippen MR) is 86.7 cm³/mol. The maximum atomic E-state index is 12.3. The molecule has 23 heavy (non-hydrogen) atoms. The number of ether oxygens (including phenoxy) is 1. The second-order valence-electron chi connectivity index (χ2n) is 6.14. The Labute approximate surface area is 136 Å². The van der Waals surface area contributed by atoms with Crippen LogP contribution in [0.1, 0.15) is 25.8 Å². The van der Waals surface area contributed by atoms with E-state index < -0.39 is 18.2 Å². The van der Waals surface area contributed by atoms with Gasteiger partial charge >= 0.3 is 6.09 Å². The van der Waals surface area contributed by atoms with Gasteiger partial charge in [0.25, 0.3) is 0 Å². The van der Waals surface area contributed by atoms with Crippen molar-refractivity contribution in [3.05, 3.63) is 48.0 Å². The first-order chi connectivity index (χ1) is 10.9. The molecule has 1 amide bonds. The molecule has 3 atom stereocenters. The second-order valence-corrected chi connectivity index (χ2v) is 6.14. The third-order valence-electron chi connectivity index (χ3n) is 4.06. The molecule has 1 aliphatic rings. The smallest absolute Gasteiger partial charge is 0.410 e. The lowest BCUT2D eigenvalue weighted by molar-refractivity contribution is -0.122. The molecule has 0 aromatic heterocycles. The van der Waals surface area contributed by atoms with E-state index in [0.29, 0.717) is 6.42 Å². The molecule has 0 saturated carbocycles. The first-order valence-electron chi connectivity index (χ1n) is 7.70. The fraction of sp³-hybridized carbons (Fsp3) is 0.444. The number of hydrogen-bond acceptors (Lipinski definition) is 4. The van der Waals surface area contributed by atoms with Gasteiger partial charge < -0.3 is 9.84 Å². The molecule has 5 nitrogen and oxygen atoms in total. The van der Waals surface area contributed by atoms with Crippen LogP contribution >= 0.6 is 0 Å². The summed E-state index contributed by atoms with van der Waals surface area (Å²) < 4.78 is 5.30. The first kappa shape index (κ1) is 17.2. The number of rotatable bonds is 5. The van der Waals surface area contributed by atoms with Crippen LogP contribution in [0, 0.1) is 5.92 Å². The maximum absolute atomic E-state index is 12.3. The van der Waals surface area contributed by atoms with Crippen LogP contribution < -0.4 is 0 Å². The third-order valence-corrected chi connectivity index (χ3v) is 4.06. The standard InChI is InChI=1S/C18H23NO4/c1-12(2)9-15-16(21)10-19(17(15)13(3)20)18(22)23-11-14-7-5-4-6-8-14/h4-8,15-17,21H,1,9-11H2,2-3H3/t15?,16-,17?/m0/s1. The van der Waals surface area contributed by atoms with Gasteiger partial charge in [-0.1, -0.05) is 35.9 Å². The molecule has 124 valence electrons. The number of carbonyl (C=O) groups excluding carboxylic acids is 2. The zero-order valence-electron chi connectivity index (χ0n) is 13.6. The van der Waals surface area contributed by atoms with Crippen molar-refractivity contribution in [3.8, 4) is 0 Å². The Bertz CT molecular complexity index is 584. The highest BCUT2D eigenvalue weighted by Gasteiger charge is 2.46. The van der Waals surface area contributed by atoms with E-state index in [-0.39, 0.29) is 24.9 Å². The lowest BCUT2D eigenvalue weighted by atomic mass is 9.89. The van der Waals surface area contributed by atoms with Gasteiger partial charge in [-0.15, -0.1) is 6.58 Å². The highest BCUT2D eigenvalue weighted by atomic mass is 16.6. The number of aliphatic hydroxyl groups excluding tert-OH is 1. The van der Waals surface area contributed by atoms with Gasteiger partial charge in [-0.3, -0.25) is 9.69 Å². The summed E-state index contributed by atoms with van der Waals surface area (Å²) in [6.45, 7) is 7.37. The summed E-state index contributed by atoms with van der Waals surface area (Å²) in [5.41, 5.74) is 1.75. The Balaban J connectivity index is 2.06. The van der Waals surface area contributed by atoms with Crippen LogP contribution in [0.3, 0.4) is 0 Å². The fourth-order valence-corrected chi connectivity index (χ4v) is 3.05. The zero-order chi connectivity index (χ0) is 17.0. The quantitative estimate of drug-likeness (QED) is 0.848. The average molecular weight is 317 g/mol. The molecule has 0 spiro atoms. The lowest BCUT2D eigenvalue weighted by Gasteiger charge is -2.25. The molecule has 1 heterocycles. The summed E-state index contributed by atoms with van der Waals surface area (Å²) in [5, 5.41) is 10.2. The monoisotopic (exact) mass is 317 g/mol. The largest absolute Gasteiger partial charge is 0.445 e. The van der Waals surface area contributed by atoms with Gasteiger partial charge in [0, 0.05) is 5.92 Å². The minimum atomic E-state index is -0.745. The van der Waals surface area contributed by atoms with Gasteiger partial charge in [0.05, 0.1) is 18.7 Å². The summed E-state index contributed by atoms with van der Waals surface area (Å²) >= 11 is 0. The van der Waals surface area contributed by atoms with Gasteiger partial charge in [0.2, 0.25) is 0 Å². The van der Waals surface area contributed by atoms with Crippen molar-refractivity contribution in [1.82, 2.24) is 4.90 Å². The van der Waals surface area contributed by atoms with Gasteiger partial charge in [-0.05, 0) is 25.8 Å². The van der Waals surface area contributed by atoms with Crippen molar-refractivity contribution < 1.29 is 19.4 Å². The summed E-state index contributed by atoms with van der Waals surface area (Å²) in [6, 6.07) is 8.67. The van der Waals surface area contributed by atoms with E-state index in [4.69, 9.17) is 4.74 Å². The number of nitrogens with zero attached hydrogens (tertiary/aromatic N) is 1. The number of likely N-dealkylation sites (tertiary alicyclic amines) is 1. The number of β-amino-alcohol motifs (C(OH)–C–C–N with tert-alkyl or cyclic N) is 1. The van der Waals surface area contributed by atoms with Crippen molar-refractivity contribution >= 4 is 11.9 Å². The van der Waals surface area contributed by atoms with Crippen LogP contribution in [0.25, 0.3) is 0 Å². The summed E-state index contributed by atoms with van der Waals surface area (Å²) in [7, 11) is 0. The van der Waals surface area contributed by atoms with Crippen molar-refractivity contribution in [2.24, 2.45) is 5.92 Å². The summed E-state index contributed by atoms with van der Waals surface area (Å²) in [6.07, 6.45) is -0.810. The van der Waals surface area contributed by atoms with Gasteiger partial charge in [-0.2, -0.15) is 0 Å². The van der Waals surface area contributed by atoms with Crippen LogP contribution in [0.15, 0.2) is 42.5 Å². The molecule has 0 aliphatic carbocycles. The fourth-order valence-electron chi connectivity index (χ4n) is 3.05. The van der Waals surface area contributed by atoms with Gasteiger partial charge in [0.15, 0.2) is 5.78 Å². The molecule has 1 aromatic rings. The molecule has 1 saturated heterocycles. The SMILES string of the molecule is C=C(C)CC1C(C(C)=O)N(C(=O)OCc2ccccc2)C[C@@H]1O. The molecule has 5 heteroatoms. The van der Waals surface area contributed by atoms with E-state index in [1.165, 1.54) is 11.8 Å². The minimum Gasteiger partial charge on any atom is -0.445 e. The number of hydrogen-bond donors (Lipinski definition) is 1. The molecular formula is C18H23NO4. The van der Waals surface area contributed by atoms with Gasteiger partial charge in [0.1, 0.15) is 6.61 Å². The van der Waals surface area contributed by atoms with Crippen molar-refractivity contribution in [3.63, 3.8) is 0 Å². The number of amides is 1. The number of carbonyl (C=O) groups is 2.